The van der Waals surface area contributed by atoms with Crippen molar-refractivity contribution in [2.75, 3.05) is 13.1 Å². The summed E-state index contributed by atoms with van der Waals surface area (Å²) in [6.45, 7) is 3.91. The quantitative estimate of drug-likeness (QED) is 0.703. The van der Waals surface area contributed by atoms with Crippen LogP contribution in [0.4, 0.5) is 0 Å². The maximum absolute atomic E-state index is 12.7. The molecular weight excluding hydrogens is 318 g/mol. The van der Waals surface area contributed by atoms with Crippen LogP contribution in [0.2, 0.25) is 0 Å². The van der Waals surface area contributed by atoms with Crippen LogP contribution in [0.15, 0.2) is 35.7 Å². The average molecular weight is 339 g/mol. The van der Waals surface area contributed by atoms with Crippen molar-refractivity contribution >= 4 is 28.1 Å². The van der Waals surface area contributed by atoms with Gasteiger partial charge in [0, 0.05) is 36.4 Å². The lowest BCUT2D eigenvalue weighted by Gasteiger charge is -2.30. The molecular formula is C19H21N3OS. The van der Waals surface area contributed by atoms with Crippen LogP contribution < -0.4 is 0 Å². The van der Waals surface area contributed by atoms with Gasteiger partial charge in [0.2, 0.25) is 0 Å². The van der Waals surface area contributed by atoms with Crippen molar-refractivity contribution < 1.29 is 4.79 Å². The van der Waals surface area contributed by atoms with Crippen molar-refractivity contribution in [3.63, 3.8) is 0 Å². The number of carbonyl (C=O) groups excluding carboxylic acids is 1. The first-order chi connectivity index (χ1) is 11.6. The maximum atomic E-state index is 12.7. The summed E-state index contributed by atoms with van der Waals surface area (Å²) < 4.78 is 2.14. The van der Waals surface area contributed by atoms with E-state index in [4.69, 9.17) is 0 Å². The zero-order valence-electron chi connectivity index (χ0n) is 14.0. The molecule has 1 amide bonds. The SMILES string of the molecule is CC1CCCN(C(=O)c2csc(-c3cc4ccccc4n3C)n2)C1. The molecule has 1 aliphatic rings. The lowest BCUT2D eigenvalue weighted by atomic mass is 10.0. The summed E-state index contributed by atoms with van der Waals surface area (Å²) in [5, 5.41) is 4.00. The largest absolute Gasteiger partial charge is 0.342 e. The Morgan fingerprint density at radius 1 is 1.33 bits per heavy atom. The number of benzene rings is 1. The van der Waals surface area contributed by atoms with E-state index in [1.807, 2.05) is 29.5 Å². The molecule has 1 aliphatic heterocycles. The summed E-state index contributed by atoms with van der Waals surface area (Å²) >= 11 is 1.55. The fraction of sp³-hybridized carbons (Fsp3) is 0.368. The van der Waals surface area contributed by atoms with Crippen LogP contribution in [0.25, 0.3) is 21.6 Å². The molecule has 0 saturated carbocycles. The number of carbonyl (C=O) groups is 1. The first-order valence-electron chi connectivity index (χ1n) is 8.43. The highest BCUT2D eigenvalue weighted by Gasteiger charge is 2.24. The summed E-state index contributed by atoms with van der Waals surface area (Å²) in [7, 11) is 2.05. The molecule has 1 atom stereocenters. The standard InChI is InChI=1S/C19H21N3OS/c1-13-6-5-9-22(11-13)19(23)15-12-24-18(20-15)17-10-14-7-3-4-8-16(14)21(17)2/h3-4,7-8,10,12-13H,5-6,9,11H2,1-2H3. The number of piperidine rings is 1. The molecule has 3 aromatic rings. The maximum Gasteiger partial charge on any atom is 0.273 e. The Labute approximate surface area is 145 Å². The van der Waals surface area contributed by atoms with Crippen LogP contribution in [0, 0.1) is 5.92 Å². The molecule has 4 rings (SSSR count). The van der Waals surface area contributed by atoms with Gasteiger partial charge >= 0.3 is 0 Å². The van der Waals surface area contributed by atoms with Gasteiger partial charge in [-0.1, -0.05) is 25.1 Å². The Morgan fingerprint density at radius 3 is 2.96 bits per heavy atom. The first kappa shape index (κ1) is 15.4. The monoisotopic (exact) mass is 339 g/mol. The molecule has 124 valence electrons. The smallest absolute Gasteiger partial charge is 0.273 e. The number of aromatic nitrogens is 2. The lowest BCUT2D eigenvalue weighted by Crippen LogP contribution is -2.39. The van der Waals surface area contributed by atoms with E-state index < -0.39 is 0 Å². The third kappa shape index (κ3) is 2.63. The van der Waals surface area contributed by atoms with Crippen LogP contribution >= 0.6 is 11.3 Å². The molecule has 4 nitrogen and oxygen atoms in total. The molecule has 2 aromatic heterocycles. The van der Waals surface area contributed by atoms with E-state index in [2.05, 4.69) is 34.7 Å². The van der Waals surface area contributed by atoms with Crippen molar-refractivity contribution in [3.8, 4) is 10.7 Å². The Kier molecular flexibility index (Phi) is 3.88. The van der Waals surface area contributed by atoms with Crippen LogP contribution in [-0.4, -0.2) is 33.4 Å². The predicted octanol–water partition coefficient (Wildman–Crippen LogP) is 4.17. The summed E-state index contributed by atoms with van der Waals surface area (Å²) in [4.78, 5) is 19.3. The molecule has 0 N–H and O–H groups in total. The number of likely N-dealkylation sites (tertiary alicyclic amines) is 1. The molecule has 5 heteroatoms. The van der Waals surface area contributed by atoms with Crippen molar-refractivity contribution in [1.29, 1.82) is 0 Å². The molecule has 1 fully saturated rings. The number of para-hydroxylation sites is 1. The van der Waals surface area contributed by atoms with E-state index >= 15 is 0 Å². The number of rotatable bonds is 2. The molecule has 3 heterocycles. The molecule has 1 unspecified atom stereocenters. The van der Waals surface area contributed by atoms with E-state index in [-0.39, 0.29) is 5.91 Å². The number of fused-ring (bicyclic) bond motifs is 1. The van der Waals surface area contributed by atoms with Crippen LogP contribution in [0.5, 0.6) is 0 Å². The third-order valence-corrected chi connectivity index (χ3v) is 5.70. The molecule has 0 radical (unpaired) electrons. The van der Waals surface area contributed by atoms with Crippen LogP contribution in [0.3, 0.4) is 0 Å². The van der Waals surface area contributed by atoms with Gasteiger partial charge in [0.15, 0.2) is 0 Å². The predicted molar refractivity (Wildman–Crippen MR) is 98.3 cm³/mol. The molecule has 0 spiro atoms. The van der Waals surface area contributed by atoms with Crippen LogP contribution in [0.1, 0.15) is 30.3 Å². The van der Waals surface area contributed by atoms with E-state index in [0.717, 1.165) is 30.2 Å². The van der Waals surface area contributed by atoms with E-state index in [9.17, 15) is 4.79 Å². The number of amides is 1. The van der Waals surface area contributed by atoms with Gasteiger partial charge in [-0.3, -0.25) is 4.79 Å². The van der Waals surface area contributed by atoms with Gasteiger partial charge in [-0.15, -0.1) is 11.3 Å². The fourth-order valence-corrected chi connectivity index (χ4v) is 4.36. The fourth-order valence-electron chi connectivity index (χ4n) is 3.52. The van der Waals surface area contributed by atoms with Gasteiger partial charge in [0.1, 0.15) is 10.7 Å². The number of hydrogen-bond acceptors (Lipinski definition) is 3. The Balaban J connectivity index is 1.64. The summed E-state index contributed by atoms with van der Waals surface area (Å²) in [6, 6.07) is 10.4. The minimum atomic E-state index is 0.0721. The second-order valence-electron chi connectivity index (χ2n) is 6.68. The van der Waals surface area contributed by atoms with Gasteiger partial charge in [0.25, 0.3) is 5.91 Å². The zero-order valence-corrected chi connectivity index (χ0v) is 14.8. The Bertz CT molecular complexity index is 895. The third-order valence-electron chi connectivity index (χ3n) is 4.84. The molecule has 0 bridgehead atoms. The lowest BCUT2D eigenvalue weighted by molar-refractivity contribution is 0.0678. The van der Waals surface area contributed by atoms with Crippen molar-refractivity contribution in [1.82, 2.24) is 14.5 Å². The molecule has 1 saturated heterocycles. The number of hydrogen-bond donors (Lipinski definition) is 0. The van der Waals surface area contributed by atoms with Gasteiger partial charge in [0.05, 0.1) is 5.69 Å². The van der Waals surface area contributed by atoms with Crippen molar-refractivity contribution in [3.05, 3.63) is 41.4 Å². The summed E-state index contributed by atoms with van der Waals surface area (Å²) in [6.07, 6.45) is 2.30. The number of thiazole rings is 1. The zero-order chi connectivity index (χ0) is 16.7. The highest BCUT2D eigenvalue weighted by Crippen LogP contribution is 2.30. The minimum Gasteiger partial charge on any atom is -0.342 e. The van der Waals surface area contributed by atoms with Gasteiger partial charge < -0.3 is 9.47 Å². The topological polar surface area (TPSA) is 38.1 Å². The van der Waals surface area contributed by atoms with E-state index in [1.165, 1.54) is 17.3 Å². The number of aryl methyl sites for hydroxylation is 1. The van der Waals surface area contributed by atoms with Crippen LogP contribution in [-0.2, 0) is 7.05 Å². The highest BCUT2D eigenvalue weighted by molar-refractivity contribution is 7.13. The molecule has 1 aromatic carbocycles. The van der Waals surface area contributed by atoms with E-state index in [0.29, 0.717) is 11.6 Å². The van der Waals surface area contributed by atoms with Crippen molar-refractivity contribution in [2.24, 2.45) is 13.0 Å². The Morgan fingerprint density at radius 2 is 2.17 bits per heavy atom. The molecule has 0 aliphatic carbocycles. The van der Waals surface area contributed by atoms with Crippen molar-refractivity contribution in [2.45, 2.75) is 19.8 Å². The van der Waals surface area contributed by atoms with Gasteiger partial charge in [-0.2, -0.15) is 0 Å². The second kappa shape index (κ2) is 6.06. The molecule has 24 heavy (non-hydrogen) atoms. The normalized spacial score (nSPS) is 18.2. The number of nitrogens with zero attached hydrogens (tertiary/aromatic N) is 3. The summed E-state index contributed by atoms with van der Waals surface area (Å²) in [5.74, 6) is 0.654. The summed E-state index contributed by atoms with van der Waals surface area (Å²) in [5.41, 5.74) is 2.82. The first-order valence-corrected chi connectivity index (χ1v) is 9.31. The average Bonchev–Trinajstić information content (AvgIpc) is 3.20. The van der Waals surface area contributed by atoms with E-state index in [1.54, 1.807) is 11.3 Å². The van der Waals surface area contributed by atoms with Gasteiger partial charge in [-0.25, -0.2) is 4.98 Å². The highest BCUT2D eigenvalue weighted by atomic mass is 32.1. The van der Waals surface area contributed by atoms with Gasteiger partial charge in [-0.05, 0) is 30.9 Å². The Hall–Kier alpha value is -2.14. The minimum absolute atomic E-state index is 0.0721. The second-order valence-corrected chi connectivity index (χ2v) is 7.54.